The summed E-state index contributed by atoms with van der Waals surface area (Å²) in [6, 6.07) is 0. The SMILES string of the molecule is C=CC.C=CC(=O)O.C=CC(=O)O.C=CC(=O)O.CCC(CO)(CO)CO. The molecule has 0 atom stereocenters. The summed E-state index contributed by atoms with van der Waals surface area (Å²) in [4.78, 5) is 27.8. The van der Waals surface area contributed by atoms with Gasteiger partial charge in [0.2, 0.25) is 0 Å². The topological polar surface area (TPSA) is 173 Å². The lowest BCUT2D eigenvalue weighted by molar-refractivity contribution is -0.132. The minimum absolute atomic E-state index is 0.156. The fourth-order valence-electron chi connectivity index (χ4n) is 0.485. The van der Waals surface area contributed by atoms with E-state index in [2.05, 4.69) is 26.3 Å². The molecule has 0 rings (SSSR count). The second-order valence-corrected chi connectivity index (χ2v) is 4.36. The van der Waals surface area contributed by atoms with Gasteiger partial charge in [0.05, 0.1) is 19.8 Å². The molecular weight excluding hydrogens is 360 g/mol. The summed E-state index contributed by atoms with van der Waals surface area (Å²) in [5, 5.41) is 48.8. The van der Waals surface area contributed by atoms with Crippen LogP contribution >= 0.6 is 0 Å². The van der Waals surface area contributed by atoms with Crippen LogP contribution in [0.4, 0.5) is 0 Å². The van der Waals surface area contributed by atoms with E-state index in [1.54, 1.807) is 6.08 Å². The molecule has 27 heavy (non-hydrogen) atoms. The zero-order chi connectivity index (χ0) is 22.9. The van der Waals surface area contributed by atoms with E-state index in [0.29, 0.717) is 6.42 Å². The third-order valence-corrected chi connectivity index (χ3v) is 2.28. The van der Waals surface area contributed by atoms with Crippen molar-refractivity contribution in [3.8, 4) is 0 Å². The lowest BCUT2D eigenvalue weighted by Gasteiger charge is -2.24. The fraction of sp³-hybridized carbons (Fsp3) is 0.389. The van der Waals surface area contributed by atoms with E-state index in [9.17, 15) is 14.4 Å². The average molecular weight is 392 g/mol. The minimum Gasteiger partial charge on any atom is -0.478 e. The number of carboxylic acids is 3. The van der Waals surface area contributed by atoms with Gasteiger partial charge < -0.3 is 30.6 Å². The summed E-state index contributed by atoms with van der Waals surface area (Å²) in [6.45, 7) is 15.5. The van der Waals surface area contributed by atoms with E-state index < -0.39 is 23.3 Å². The zero-order valence-corrected chi connectivity index (χ0v) is 15.9. The first-order valence-electron chi connectivity index (χ1n) is 7.43. The number of hydrogen-bond donors (Lipinski definition) is 6. The fourth-order valence-corrected chi connectivity index (χ4v) is 0.485. The van der Waals surface area contributed by atoms with Crippen LogP contribution in [-0.4, -0.2) is 68.4 Å². The van der Waals surface area contributed by atoms with Gasteiger partial charge in [0.1, 0.15) is 0 Å². The maximum Gasteiger partial charge on any atom is 0.327 e. The van der Waals surface area contributed by atoms with Crippen molar-refractivity contribution in [1.82, 2.24) is 0 Å². The number of rotatable bonds is 7. The van der Waals surface area contributed by atoms with E-state index in [1.165, 1.54) is 0 Å². The monoisotopic (exact) mass is 392 g/mol. The highest BCUT2D eigenvalue weighted by atomic mass is 16.4. The van der Waals surface area contributed by atoms with Crippen molar-refractivity contribution < 1.29 is 45.0 Å². The maximum absolute atomic E-state index is 9.25. The van der Waals surface area contributed by atoms with Gasteiger partial charge in [0, 0.05) is 23.6 Å². The molecule has 0 unspecified atom stereocenters. The number of carbonyl (C=O) groups is 3. The first kappa shape index (κ1) is 35.4. The Bertz CT molecular complexity index is 364. The van der Waals surface area contributed by atoms with Crippen LogP contribution in [0, 0.1) is 5.41 Å². The molecule has 0 aromatic carbocycles. The third kappa shape index (κ3) is 45.1. The summed E-state index contributed by atoms with van der Waals surface area (Å²) in [5.74, 6) is -2.94. The van der Waals surface area contributed by atoms with E-state index in [-0.39, 0.29) is 19.8 Å². The zero-order valence-electron chi connectivity index (χ0n) is 15.9. The van der Waals surface area contributed by atoms with E-state index in [4.69, 9.17) is 30.6 Å². The van der Waals surface area contributed by atoms with E-state index >= 15 is 0 Å². The minimum atomic E-state index is -0.981. The van der Waals surface area contributed by atoms with Gasteiger partial charge in [-0.2, -0.15) is 0 Å². The van der Waals surface area contributed by atoms with Crippen molar-refractivity contribution in [3.63, 3.8) is 0 Å². The van der Waals surface area contributed by atoms with Crippen molar-refractivity contribution >= 4 is 17.9 Å². The molecule has 0 aliphatic rings. The van der Waals surface area contributed by atoms with Gasteiger partial charge in [0.15, 0.2) is 0 Å². The smallest absolute Gasteiger partial charge is 0.327 e. The molecule has 0 amide bonds. The Kier molecular flexibility index (Phi) is 36.8. The molecule has 9 heteroatoms. The van der Waals surface area contributed by atoms with Crippen LogP contribution < -0.4 is 0 Å². The molecule has 158 valence electrons. The van der Waals surface area contributed by atoms with Gasteiger partial charge in [-0.25, -0.2) is 14.4 Å². The van der Waals surface area contributed by atoms with Gasteiger partial charge in [-0.3, -0.25) is 0 Å². The molecule has 0 aromatic heterocycles. The molecule has 9 nitrogen and oxygen atoms in total. The standard InChI is InChI=1S/C6H14O3.3C3H4O2.C3H6/c1-2-6(3-7,4-8)5-9;3*1-2-3(4)5;1-3-2/h7-9H,2-5H2,1H3;3*2H,1H2,(H,4,5);3H,1H2,2H3. The molecule has 6 N–H and O–H groups in total. The second kappa shape index (κ2) is 28.1. The van der Waals surface area contributed by atoms with Crippen LogP contribution in [0.15, 0.2) is 50.6 Å². The second-order valence-electron chi connectivity index (χ2n) is 4.36. The van der Waals surface area contributed by atoms with Crippen LogP contribution in [0.3, 0.4) is 0 Å². The van der Waals surface area contributed by atoms with Crippen LogP contribution in [-0.2, 0) is 14.4 Å². The van der Waals surface area contributed by atoms with Crippen molar-refractivity contribution in [2.45, 2.75) is 20.3 Å². The van der Waals surface area contributed by atoms with Crippen LogP contribution in [0.25, 0.3) is 0 Å². The number of aliphatic hydroxyl groups is 3. The van der Waals surface area contributed by atoms with Crippen LogP contribution in [0.1, 0.15) is 20.3 Å². The van der Waals surface area contributed by atoms with Crippen molar-refractivity contribution in [2.24, 2.45) is 5.41 Å². The Labute approximate surface area is 159 Å². The molecule has 0 bridgehead atoms. The molecule has 0 aliphatic carbocycles. The molecule has 0 saturated carbocycles. The molecule has 0 heterocycles. The lowest BCUT2D eigenvalue weighted by atomic mass is 9.88. The Hall–Kier alpha value is -2.75. The van der Waals surface area contributed by atoms with Crippen LogP contribution in [0.5, 0.6) is 0 Å². The molecule has 0 spiro atoms. The third-order valence-electron chi connectivity index (χ3n) is 2.28. The average Bonchev–Trinajstić information content (AvgIpc) is 2.66. The van der Waals surface area contributed by atoms with E-state index in [0.717, 1.165) is 18.2 Å². The normalized spacial score (nSPS) is 8.04. The summed E-state index contributed by atoms with van der Waals surface area (Å²) < 4.78 is 0. The van der Waals surface area contributed by atoms with Gasteiger partial charge in [-0.05, 0) is 13.3 Å². The summed E-state index contributed by atoms with van der Waals surface area (Å²) in [5.41, 5.74) is -0.667. The number of aliphatic hydroxyl groups excluding tert-OH is 3. The molecule has 0 radical (unpaired) electrons. The van der Waals surface area contributed by atoms with Gasteiger partial charge in [0.25, 0.3) is 0 Å². The maximum atomic E-state index is 9.25. The molecule has 0 saturated heterocycles. The van der Waals surface area contributed by atoms with Crippen molar-refractivity contribution in [2.75, 3.05) is 19.8 Å². The number of allylic oxidation sites excluding steroid dienone is 1. The van der Waals surface area contributed by atoms with Gasteiger partial charge in [-0.15, -0.1) is 6.58 Å². The van der Waals surface area contributed by atoms with E-state index in [1.807, 2.05) is 13.8 Å². The Balaban J connectivity index is -0.0000000787. The highest BCUT2D eigenvalue weighted by molar-refractivity contribution is 5.79. The molecular formula is C18H32O9. The summed E-state index contributed by atoms with van der Waals surface area (Å²) in [6.07, 6.45) is 4.84. The Morgan fingerprint density at radius 1 is 0.741 bits per heavy atom. The quantitative estimate of drug-likeness (QED) is 0.276. The molecule has 0 aliphatic heterocycles. The number of carboxylic acid groups (broad SMARTS) is 3. The predicted molar refractivity (Wildman–Crippen MR) is 103 cm³/mol. The first-order valence-corrected chi connectivity index (χ1v) is 7.43. The number of aliphatic carboxylic acids is 3. The van der Waals surface area contributed by atoms with Crippen LogP contribution in [0.2, 0.25) is 0 Å². The van der Waals surface area contributed by atoms with Crippen molar-refractivity contribution in [3.05, 3.63) is 50.6 Å². The van der Waals surface area contributed by atoms with Gasteiger partial charge in [-0.1, -0.05) is 32.7 Å². The Morgan fingerprint density at radius 2 is 0.889 bits per heavy atom. The predicted octanol–water partition coefficient (Wildman–Crippen LogP) is 1.32. The Morgan fingerprint density at radius 3 is 0.889 bits per heavy atom. The first-order chi connectivity index (χ1) is 12.5. The highest BCUT2D eigenvalue weighted by Crippen LogP contribution is 2.18. The highest BCUT2D eigenvalue weighted by Gasteiger charge is 2.24. The molecule has 0 fully saturated rings. The van der Waals surface area contributed by atoms with Gasteiger partial charge >= 0.3 is 17.9 Å². The molecule has 0 aromatic rings. The lowest BCUT2D eigenvalue weighted by Crippen LogP contribution is -2.32. The summed E-state index contributed by atoms with van der Waals surface area (Å²) in [7, 11) is 0. The van der Waals surface area contributed by atoms with Crippen molar-refractivity contribution in [1.29, 1.82) is 0 Å². The number of hydrogen-bond acceptors (Lipinski definition) is 6. The summed E-state index contributed by atoms with van der Waals surface area (Å²) >= 11 is 0. The largest absolute Gasteiger partial charge is 0.478 e.